The lowest BCUT2D eigenvalue weighted by atomic mass is 10.0. The van der Waals surface area contributed by atoms with Gasteiger partial charge in [-0.2, -0.15) is 5.10 Å². The van der Waals surface area contributed by atoms with Crippen molar-refractivity contribution in [3.63, 3.8) is 0 Å². The number of pyridine rings is 1. The minimum atomic E-state index is -0.119. The maximum absolute atomic E-state index is 6.45. The van der Waals surface area contributed by atoms with Crippen LogP contribution in [0.4, 0.5) is 0 Å². The Bertz CT molecular complexity index is 1570. The molecular weight excluding hydrogens is 442 g/mol. The number of hydrogen-bond donors (Lipinski definition) is 3. The van der Waals surface area contributed by atoms with Crippen molar-refractivity contribution in [3.05, 3.63) is 90.2 Å². The molecule has 0 bridgehead atoms. The first kappa shape index (κ1) is 20.7. The molecule has 2 aromatic carbocycles. The highest BCUT2D eigenvalue weighted by Crippen LogP contribution is 2.34. The zero-order valence-electron chi connectivity index (χ0n) is 18.4. The molecule has 6 rings (SSSR count). The molecule has 4 heterocycles. The van der Waals surface area contributed by atoms with Crippen molar-refractivity contribution in [1.29, 1.82) is 0 Å². The Hall–Kier alpha value is -3.94. The standard InChI is InChI=1S/C27H23N5OS/c28-20(11-19-16-34-26-6-2-1-4-22(19)26)15-33-21-12-23(27(30-14-21)25-5-3-9-29-25)17-7-8-24-18(10-17)13-31-32-24/h1-10,12-14,16,20,29H,11,15,28H2,(H,31,32)/t20-/m0/s1. The first-order valence-electron chi connectivity index (χ1n) is 11.2. The fourth-order valence-corrected chi connectivity index (χ4v) is 5.26. The third-order valence-electron chi connectivity index (χ3n) is 5.97. The van der Waals surface area contributed by atoms with Crippen LogP contribution in [0.5, 0.6) is 5.75 Å². The molecule has 0 unspecified atom stereocenters. The lowest BCUT2D eigenvalue weighted by Crippen LogP contribution is -2.30. The van der Waals surface area contributed by atoms with Gasteiger partial charge in [0.05, 0.1) is 29.3 Å². The predicted molar refractivity (Wildman–Crippen MR) is 138 cm³/mol. The molecule has 0 radical (unpaired) electrons. The summed E-state index contributed by atoms with van der Waals surface area (Å²) in [5.41, 5.74) is 12.6. The highest BCUT2D eigenvalue weighted by atomic mass is 32.1. The maximum Gasteiger partial charge on any atom is 0.138 e. The van der Waals surface area contributed by atoms with Gasteiger partial charge in [-0.15, -0.1) is 11.3 Å². The third kappa shape index (κ3) is 3.96. The van der Waals surface area contributed by atoms with E-state index in [1.807, 2.05) is 36.7 Å². The molecule has 6 aromatic rings. The fraction of sp³-hybridized carbons (Fsp3) is 0.111. The van der Waals surface area contributed by atoms with E-state index in [0.717, 1.165) is 39.8 Å². The molecule has 6 nitrogen and oxygen atoms in total. The van der Waals surface area contributed by atoms with E-state index in [9.17, 15) is 0 Å². The second kappa shape index (κ2) is 8.78. The quantitative estimate of drug-likeness (QED) is 0.278. The van der Waals surface area contributed by atoms with Crippen LogP contribution in [0.2, 0.25) is 0 Å². The van der Waals surface area contributed by atoms with Crippen LogP contribution >= 0.6 is 11.3 Å². The number of H-pyrrole nitrogens is 2. The van der Waals surface area contributed by atoms with Gasteiger partial charge in [-0.05, 0) is 64.7 Å². The van der Waals surface area contributed by atoms with Gasteiger partial charge in [0.15, 0.2) is 0 Å². The number of thiophene rings is 1. The van der Waals surface area contributed by atoms with Crippen LogP contribution in [0.1, 0.15) is 5.56 Å². The Labute approximate surface area is 200 Å². The van der Waals surface area contributed by atoms with E-state index >= 15 is 0 Å². The smallest absolute Gasteiger partial charge is 0.138 e. The van der Waals surface area contributed by atoms with Gasteiger partial charge in [0.2, 0.25) is 0 Å². The van der Waals surface area contributed by atoms with Gasteiger partial charge in [0, 0.05) is 27.9 Å². The van der Waals surface area contributed by atoms with E-state index < -0.39 is 0 Å². The molecule has 4 N–H and O–H groups in total. The van der Waals surface area contributed by atoms with Crippen LogP contribution in [0, 0.1) is 0 Å². The van der Waals surface area contributed by atoms with Gasteiger partial charge >= 0.3 is 0 Å². The number of fused-ring (bicyclic) bond motifs is 2. The molecular formula is C27H23N5OS. The molecule has 0 spiro atoms. The second-order valence-electron chi connectivity index (χ2n) is 8.36. The topological polar surface area (TPSA) is 92.6 Å². The van der Waals surface area contributed by atoms with Crippen LogP contribution in [0.3, 0.4) is 0 Å². The van der Waals surface area contributed by atoms with E-state index in [4.69, 9.17) is 15.5 Å². The van der Waals surface area contributed by atoms with Crippen molar-refractivity contribution >= 4 is 32.3 Å². The summed E-state index contributed by atoms with van der Waals surface area (Å²) in [5, 5.41) is 11.7. The Morgan fingerprint density at radius 2 is 1.97 bits per heavy atom. The number of nitrogens with zero attached hydrogens (tertiary/aromatic N) is 2. The highest BCUT2D eigenvalue weighted by Gasteiger charge is 2.14. The van der Waals surface area contributed by atoms with Crippen molar-refractivity contribution in [2.24, 2.45) is 5.73 Å². The molecule has 0 aliphatic carbocycles. The Morgan fingerprint density at radius 1 is 1.03 bits per heavy atom. The fourth-order valence-electron chi connectivity index (χ4n) is 4.28. The van der Waals surface area contributed by atoms with Crippen LogP contribution in [-0.2, 0) is 6.42 Å². The lowest BCUT2D eigenvalue weighted by Gasteiger charge is -2.15. The maximum atomic E-state index is 6.45. The first-order valence-corrected chi connectivity index (χ1v) is 12.0. The van der Waals surface area contributed by atoms with Gasteiger partial charge in [0.25, 0.3) is 0 Å². The zero-order valence-corrected chi connectivity index (χ0v) is 19.2. The molecule has 7 heteroatoms. The second-order valence-corrected chi connectivity index (χ2v) is 9.27. The summed E-state index contributed by atoms with van der Waals surface area (Å²) >= 11 is 1.76. The number of rotatable bonds is 7. The van der Waals surface area contributed by atoms with Gasteiger partial charge in [-0.1, -0.05) is 24.3 Å². The molecule has 0 amide bonds. The number of nitrogens with two attached hydrogens (primary N) is 1. The number of hydrogen-bond acceptors (Lipinski definition) is 5. The number of nitrogens with one attached hydrogen (secondary N) is 2. The predicted octanol–water partition coefficient (Wildman–Crippen LogP) is 5.78. The number of aromatic nitrogens is 4. The number of aromatic amines is 2. The minimum Gasteiger partial charge on any atom is -0.490 e. The van der Waals surface area contributed by atoms with Gasteiger partial charge < -0.3 is 15.5 Å². The van der Waals surface area contributed by atoms with Crippen LogP contribution in [-0.4, -0.2) is 32.8 Å². The summed E-state index contributed by atoms with van der Waals surface area (Å²) in [5.74, 6) is 0.697. The van der Waals surface area contributed by atoms with E-state index in [1.54, 1.807) is 17.5 Å². The van der Waals surface area contributed by atoms with Gasteiger partial charge in [-0.25, -0.2) is 0 Å². The van der Waals surface area contributed by atoms with E-state index in [0.29, 0.717) is 12.4 Å². The average molecular weight is 466 g/mol. The Morgan fingerprint density at radius 3 is 2.88 bits per heavy atom. The first-order chi connectivity index (χ1) is 16.7. The van der Waals surface area contributed by atoms with Crippen LogP contribution in [0.25, 0.3) is 43.5 Å². The van der Waals surface area contributed by atoms with Crippen molar-refractivity contribution in [2.75, 3.05) is 6.61 Å². The molecule has 1 atom stereocenters. The molecule has 0 aliphatic heterocycles. The molecule has 0 saturated carbocycles. The SMILES string of the molecule is N[C@H](COc1cnc(-c2ccc[nH]2)c(-c2ccc3[nH]ncc3c2)c1)Cc1csc2ccccc12. The van der Waals surface area contributed by atoms with Crippen molar-refractivity contribution in [2.45, 2.75) is 12.5 Å². The summed E-state index contributed by atoms with van der Waals surface area (Å²) in [6, 6.07) is 20.6. The summed E-state index contributed by atoms with van der Waals surface area (Å²) < 4.78 is 7.41. The summed E-state index contributed by atoms with van der Waals surface area (Å²) in [6.07, 6.45) is 6.26. The van der Waals surface area contributed by atoms with E-state index in [1.165, 1.54) is 15.6 Å². The zero-order chi connectivity index (χ0) is 22.9. The van der Waals surface area contributed by atoms with E-state index in [2.05, 4.69) is 57.0 Å². The Balaban J connectivity index is 1.26. The van der Waals surface area contributed by atoms with Crippen molar-refractivity contribution in [1.82, 2.24) is 20.2 Å². The summed E-state index contributed by atoms with van der Waals surface area (Å²) in [7, 11) is 0. The highest BCUT2D eigenvalue weighted by molar-refractivity contribution is 7.17. The molecule has 0 fully saturated rings. The summed E-state index contributed by atoms with van der Waals surface area (Å²) in [4.78, 5) is 8.00. The van der Waals surface area contributed by atoms with Gasteiger partial charge in [-0.3, -0.25) is 10.1 Å². The van der Waals surface area contributed by atoms with Crippen LogP contribution < -0.4 is 10.5 Å². The number of ether oxygens (including phenoxy) is 1. The molecule has 0 saturated heterocycles. The van der Waals surface area contributed by atoms with Gasteiger partial charge in [0.1, 0.15) is 12.4 Å². The molecule has 4 aromatic heterocycles. The molecule has 0 aliphatic rings. The van der Waals surface area contributed by atoms with Crippen molar-refractivity contribution in [3.8, 4) is 28.3 Å². The monoisotopic (exact) mass is 465 g/mol. The molecule has 168 valence electrons. The third-order valence-corrected chi connectivity index (χ3v) is 6.99. The Kier molecular flexibility index (Phi) is 5.33. The minimum absolute atomic E-state index is 0.119. The van der Waals surface area contributed by atoms with E-state index in [-0.39, 0.29) is 6.04 Å². The number of benzene rings is 2. The normalized spacial score (nSPS) is 12.4. The summed E-state index contributed by atoms with van der Waals surface area (Å²) in [6.45, 7) is 0.411. The van der Waals surface area contributed by atoms with Crippen LogP contribution in [0.15, 0.2) is 84.6 Å². The largest absolute Gasteiger partial charge is 0.490 e. The van der Waals surface area contributed by atoms with Crippen molar-refractivity contribution < 1.29 is 4.74 Å². The molecule has 34 heavy (non-hydrogen) atoms. The lowest BCUT2D eigenvalue weighted by molar-refractivity contribution is 0.287. The average Bonchev–Trinajstić information content (AvgIpc) is 3.63.